The minimum Gasteiger partial charge on any atom is -0.480 e. The maximum Gasteiger partial charge on any atom is 0.330 e. The summed E-state index contributed by atoms with van der Waals surface area (Å²) in [4.78, 5) is 20.4. The monoisotopic (exact) mass is 418 g/mol. The molecule has 1 atom stereocenters. The first kappa shape index (κ1) is 22.7. The van der Waals surface area contributed by atoms with Crippen molar-refractivity contribution in [2.45, 2.75) is 23.3 Å². The first-order valence-corrected chi connectivity index (χ1v) is 8.44. The molecule has 0 spiro atoms. The molecule has 0 saturated carbocycles. The van der Waals surface area contributed by atoms with Crippen molar-refractivity contribution < 1.29 is 45.5 Å². The Morgan fingerprint density at radius 3 is 2.41 bits per heavy atom. The summed E-state index contributed by atoms with van der Waals surface area (Å²) in [7, 11) is -4.01. The number of halogens is 4. The number of nitro groups is 1. The lowest BCUT2D eigenvalue weighted by atomic mass is 10.3. The molecule has 0 radical (unpaired) electrons. The summed E-state index contributed by atoms with van der Waals surface area (Å²) >= 11 is 0. The fourth-order valence-corrected chi connectivity index (χ4v) is 3.30. The number of benzene rings is 1. The van der Waals surface area contributed by atoms with Crippen LogP contribution < -0.4 is 0 Å². The number of alkyl halides is 4. The van der Waals surface area contributed by atoms with E-state index < -0.39 is 63.1 Å². The van der Waals surface area contributed by atoms with Gasteiger partial charge in [0.15, 0.2) is 4.90 Å². The number of carboxylic acids is 1. The van der Waals surface area contributed by atoms with Gasteiger partial charge in [-0.3, -0.25) is 14.9 Å². The lowest BCUT2D eigenvalue weighted by molar-refractivity contribution is -0.387. The second-order valence-electron chi connectivity index (χ2n) is 5.18. The predicted molar refractivity (Wildman–Crippen MR) is 81.2 cm³/mol. The van der Waals surface area contributed by atoms with Gasteiger partial charge in [0.25, 0.3) is 15.7 Å². The molecule has 1 aromatic carbocycles. The van der Waals surface area contributed by atoms with E-state index in [-0.39, 0.29) is 4.31 Å². The molecule has 0 aliphatic carbocycles. The lowest BCUT2D eigenvalue weighted by Gasteiger charge is -2.25. The molecule has 0 aliphatic rings. The summed E-state index contributed by atoms with van der Waals surface area (Å²) in [5.74, 6) is -6.39. The Hall–Kier alpha value is -2.32. The molecule has 0 saturated heterocycles. The Morgan fingerprint density at radius 2 is 1.93 bits per heavy atom. The van der Waals surface area contributed by atoms with Gasteiger partial charge in [0.05, 0.1) is 11.5 Å². The highest BCUT2D eigenvalue weighted by atomic mass is 32.2. The van der Waals surface area contributed by atoms with Crippen molar-refractivity contribution in [3.05, 3.63) is 34.4 Å². The van der Waals surface area contributed by atoms with Crippen molar-refractivity contribution in [2.24, 2.45) is 0 Å². The van der Waals surface area contributed by atoms with Crippen LogP contribution in [0.3, 0.4) is 0 Å². The lowest BCUT2D eigenvalue weighted by Crippen LogP contribution is -2.46. The van der Waals surface area contributed by atoms with Gasteiger partial charge in [0.1, 0.15) is 12.6 Å². The van der Waals surface area contributed by atoms with Crippen LogP contribution in [0.25, 0.3) is 0 Å². The van der Waals surface area contributed by atoms with E-state index in [0.29, 0.717) is 0 Å². The van der Waals surface area contributed by atoms with Gasteiger partial charge in [-0.05, 0) is 6.07 Å². The Kier molecular flexibility index (Phi) is 7.22. The second kappa shape index (κ2) is 8.58. The number of hydrogen-bond acceptors (Lipinski definition) is 6. The van der Waals surface area contributed by atoms with Crippen molar-refractivity contribution in [1.29, 1.82) is 0 Å². The predicted octanol–water partition coefficient (Wildman–Crippen LogP) is 1.59. The fourth-order valence-electron chi connectivity index (χ4n) is 1.85. The van der Waals surface area contributed by atoms with E-state index in [1.165, 1.54) is 6.07 Å². The van der Waals surface area contributed by atoms with Gasteiger partial charge in [-0.15, -0.1) is 0 Å². The van der Waals surface area contributed by atoms with Crippen molar-refractivity contribution in [2.75, 3.05) is 20.3 Å². The molecule has 9 nitrogen and oxygen atoms in total. The zero-order valence-electron chi connectivity index (χ0n) is 13.6. The maximum atomic E-state index is 12.8. The minimum atomic E-state index is -4.75. The van der Waals surface area contributed by atoms with Gasteiger partial charge in [-0.25, -0.2) is 17.2 Å². The van der Waals surface area contributed by atoms with E-state index in [1.807, 2.05) is 0 Å². The van der Waals surface area contributed by atoms with Crippen LogP contribution in [0.5, 0.6) is 0 Å². The SMILES string of the molecule is CN(C(COCC(F)(F)C(F)F)C(=O)O)S(=O)(=O)c1ccccc1[N+](=O)[O-]. The van der Waals surface area contributed by atoms with E-state index in [0.717, 1.165) is 25.2 Å². The number of rotatable bonds is 10. The number of ether oxygens (including phenoxy) is 1. The third-order valence-corrected chi connectivity index (χ3v) is 5.25. The number of hydrogen-bond donors (Lipinski definition) is 1. The first-order chi connectivity index (χ1) is 12.3. The maximum absolute atomic E-state index is 12.8. The van der Waals surface area contributed by atoms with E-state index in [2.05, 4.69) is 4.74 Å². The third-order valence-electron chi connectivity index (χ3n) is 3.33. The van der Waals surface area contributed by atoms with Crippen LogP contribution in [0.1, 0.15) is 0 Å². The van der Waals surface area contributed by atoms with Gasteiger partial charge in [0, 0.05) is 13.1 Å². The van der Waals surface area contributed by atoms with E-state index in [4.69, 9.17) is 5.11 Å². The molecule has 27 heavy (non-hydrogen) atoms. The molecule has 0 bridgehead atoms. The molecule has 0 heterocycles. The number of sulfonamides is 1. The zero-order chi connectivity index (χ0) is 21.0. The van der Waals surface area contributed by atoms with Crippen LogP contribution >= 0.6 is 0 Å². The van der Waals surface area contributed by atoms with Crippen molar-refractivity contribution in [3.8, 4) is 0 Å². The summed E-state index contributed by atoms with van der Waals surface area (Å²) in [6.45, 7) is -3.03. The van der Waals surface area contributed by atoms with Crippen LogP contribution in [0.4, 0.5) is 23.2 Å². The van der Waals surface area contributed by atoms with Crippen LogP contribution in [0, 0.1) is 10.1 Å². The van der Waals surface area contributed by atoms with Gasteiger partial charge in [-0.2, -0.15) is 13.1 Å². The Morgan fingerprint density at radius 1 is 1.37 bits per heavy atom. The molecule has 0 aromatic heterocycles. The van der Waals surface area contributed by atoms with Gasteiger partial charge >= 0.3 is 18.3 Å². The summed E-state index contributed by atoms with van der Waals surface area (Å²) in [5, 5.41) is 20.1. The van der Waals surface area contributed by atoms with Crippen LogP contribution in [-0.2, 0) is 19.6 Å². The molecule has 1 rings (SSSR count). The van der Waals surface area contributed by atoms with Crippen LogP contribution in [0.15, 0.2) is 29.2 Å². The Balaban J connectivity index is 3.09. The minimum absolute atomic E-state index is 0.165. The average molecular weight is 418 g/mol. The number of carboxylic acid groups (broad SMARTS) is 1. The molecule has 0 amide bonds. The molecule has 1 unspecified atom stereocenters. The molecule has 14 heteroatoms. The second-order valence-corrected chi connectivity index (χ2v) is 7.14. The highest BCUT2D eigenvalue weighted by Gasteiger charge is 2.42. The molecule has 152 valence electrons. The van der Waals surface area contributed by atoms with E-state index >= 15 is 0 Å². The normalized spacial score (nSPS) is 13.7. The zero-order valence-corrected chi connectivity index (χ0v) is 14.4. The molecule has 0 aliphatic heterocycles. The van der Waals surface area contributed by atoms with Crippen molar-refractivity contribution in [1.82, 2.24) is 4.31 Å². The first-order valence-electron chi connectivity index (χ1n) is 7.00. The summed E-state index contributed by atoms with van der Waals surface area (Å²) in [5.41, 5.74) is -0.835. The van der Waals surface area contributed by atoms with Crippen LogP contribution in [-0.4, -0.2) is 67.4 Å². The van der Waals surface area contributed by atoms with E-state index in [9.17, 15) is 40.9 Å². The van der Waals surface area contributed by atoms with Crippen molar-refractivity contribution >= 4 is 21.7 Å². The highest BCUT2D eigenvalue weighted by Crippen LogP contribution is 2.27. The average Bonchev–Trinajstić information content (AvgIpc) is 2.57. The number of para-hydroxylation sites is 1. The molecule has 0 fully saturated rings. The number of carbonyl (C=O) groups is 1. The number of nitrogens with zero attached hydrogens (tertiary/aromatic N) is 2. The third kappa shape index (κ3) is 5.33. The largest absolute Gasteiger partial charge is 0.480 e. The van der Waals surface area contributed by atoms with Gasteiger partial charge in [-0.1, -0.05) is 12.1 Å². The molecular weight excluding hydrogens is 404 g/mol. The molecule has 1 N–H and O–H groups in total. The quantitative estimate of drug-likeness (QED) is 0.347. The smallest absolute Gasteiger partial charge is 0.330 e. The summed E-state index contributed by atoms with van der Waals surface area (Å²) in [6.07, 6.45) is -4.06. The standard InChI is InChI=1S/C13H14F4N2O7S/c1-18(9(11(20)21)6-26-7-13(16,17)12(14)15)27(24,25)10-5-3-2-4-8(10)19(22)23/h2-5,9,12H,6-7H2,1H3,(H,20,21). The Bertz CT molecular complexity index is 804. The van der Waals surface area contributed by atoms with Crippen LogP contribution in [0.2, 0.25) is 0 Å². The van der Waals surface area contributed by atoms with Gasteiger partial charge < -0.3 is 9.84 Å². The number of likely N-dealkylation sites (N-methyl/N-ethyl adjacent to an activating group) is 1. The van der Waals surface area contributed by atoms with Gasteiger partial charge in [0.2, 0.25) is 0 Å². The summed E-state index contributed by atoms with van der Waals surface area (Å²) < 4.78 is 79.2. The fraction of sp³-hybridized carbons (Fsp3) is 0.462. The summed E-state index contributed by atoms with van der Waals surface area (Å²) in [6, 6.07) is 1.97. The van der Waals surface area contributed by atoms with Crippen molar-refractivity contribution in [3.63, 3.8) is 0 Å². The molecular formula is C13H14F4N2O7S. The molecule has 1 aromatic rings. The topological polar surface area (TPSA) is 127 Å². The number of nitro benzene ring substituents is 1. The Labute approximate surface area is 150 Å². The highest BCUT2D eigenvalue weighted by molar-refractivity contribution is 7.89. The van der Waals surface area contributed by atoms with E-state index in [1.54, 1.807) is 0 Å². The number of aliphatic carboxylic acids is 1.